The molecule has 0 saturated heterocycles. The smallest absolute Gasteiger partial charge is 0.269 e. The minimum Gasteiger partial charge on any atom is -0.294 e. The largest absolute Gasteiger partial charge is 0.294 e. The van der Waals surface area contributed by atoms with E-state index in [0.29, 0.717) is 5.56 Å². The molecule has 0 amide bonds. The van der Waals surface area contributed by atoms with Crippen LogP contribution in [0.1, 0.15) is 27.6 Å². The van der Waals surface area contributed by atoms with Crippen molar-refractivity contribution >= 4 is 50.1 Å². The van der Waals surface area contributed by atoms with Gasteiger partial charge in [0, 0.05) is 50.3 Å². The van der Waals surface area contributed by atoms with E-state index in [4.69, 9.17) is 0 Å². The molecule has 31 heavy (non-hydrogen) atoms. The number of Topliss-reactive ketones (excluding diaryl/α,β-unsaturated/α-hetero) is 1. The van der Waals surface area contributed by atoms with Crippen molar-refractivity contribution in [1.82, 2.24) is 4.98 Å². The number of nitro benzene ring substituents is 1. The number of pyridine rings is 1. The Bertz CT molecular complexity index is 1240. The molecule has 0 spiro atoms. The van der Waals surface area contributed by atoms with Gasteiger partial charge in [0.2, 0.25) is 0 Å². The highest BCUT2D eigenvalue weighted by Crippen LogP contribution is 2.41. The van der Waals surface area contributed by atoms with Gasteiger partial charge in [-0.05, 0) is 29.8 Å². The minimum absolute atomic E-state index is 0.0107. The highest BCUT2D eigenvalue weighted by Gasteiger charge is 2.21. The van der Waals surface area contributed by atoms with Crippen molar-refractivity contribution in [3.63, 3.8) is 0 Å². The molecule has 0 aliphatic heterocycles. The van der Waals surface area contributed by atoms with Gasteiger partial charge in [-0.15, -0.1) is 11.8 Å². The number of para-hydroxylation sites is 1. The first-order valence-electron chi connectivity index (χ1n) is 9.55. The maximum absolute atomic E-state index is 13.0. The summed E-state index contributed by atoms with van der Waals surface area (Å²) in [6, 6.07) is 23.5. The van der Waals surface area contributed by atoms with Gasteiger partial charge in [0.15, 0.2) is 5.78 Å². The summed E-state index contributed by atoms with van der Waals surface area (Å²) in [5, 5.41) is 11.8. The standard InChI is InChI=1S/C24H17BrN2O3S/c25-19-10-6-16(7-11-19)21(28)15-23(17-8-12-20(13-9-17)27(29)30)31-22-5-1-3-18-4-2-14-26-24(18)22/h1-14,23H,15H2/t23-/m1/s1. The van der Waals surface area contributed by atoms with Crippen molar-refractivity contribution in [3.8, 4) is 0 Å². The predicted octanol–water partition coefficient (Wildman–Crippen LogP) is 7.01. The SMILES string of the molecule is O=C(C[C@@H](Sc1cccc2cccnc12)c1ccc([N+](=O)[O-])cc1)c1ccc(Br)cc1. The third-order valence-electron chi connectivity index (χ3n) is 4.88. The first kappa shape index (κ1) is 21.2. The molecule has 4 aromatic rings. The molecule has 7 heteroatoms. The van der Waals surface area contributed by atoms with Gasteiger partial charge in [-0.3, -0.25) is 19.9 Å². The van der Waals surface area contributed by atoms with E-state index in [-0.39, 0.29) is 23.1 Å². The van der Waals surface area contributed by atoms with Crippen LogP contribution in [0.2, 0.25) is 0 Å². The Balaban J connectivity index is 1.68. The topological polar surface area (TPSA) is 73.1 Å². The van der Waals surface area contributed by atoms with Gasteiger partial charge < -0.3 is 0 Å². The van der Waals surface area contributed by atoms with E-state index in [0.717, 1.165) is 25.8 Å². The zero-order valence-corrected chi connectivity index (χ0v) is 18.7. The number of hydrogen-bond donors (Lipinski definition) is 0. The number of fused-ring (bicyclic) bond motifs is 1. The van der Waals surface area contributed by atoms with Crippen molar-refractivity contribution in [2.75, 3.05) is 0 Å². The van der Waals surface area contributed by atoms with Crippen molar-refractivity contribution in [2.24, 2.45) is 0 Å². The van der Waals surface area contributed by atoms with Crippen molar-refractivity contribution in [1.29, 1.82) is 0 Å². The van der Waals surface area contributed by atoms with E-state index in [9.17, 15) is 14.9 Å². The van der Waals surface area contributed by atoms with Crippen molar-refractivity contribution in [2.45, 2.75) is 16.6 Å². The monoisotopic (exact) mass is 492 g/mol. The summed E-state index contributed by atoms with van der Waals surface area (Å²) < 4.78 is 0.909. The van der Waals surface area contributed by atoms with E-state index in [2.05, 4.69) is 20.9 Å². The van der Waals surface area contributed by atoms with Gasteiger partial charge in [-0.2, -0.15) is 0 Å². The lowest BCUT2D eigenvalue weighted by Crippen LogP contribution is -2.06. The van der Waals surface area contributed by atoms with Crippen LogP contribution in [0.3, 0.4) is 0 Å². The Morgan fingerprint density at radius 1 is 1.00 bits per heavy atom. The summed E-state index contributed by atoms with van der Waals surface area (Å²) in [7, 11) is 0. The van der Waals surface area contributed by atoms with Gasteiger partial charge in [0.1, 0.15) is 0 Å². The zero-order chi connectivity index (χ0) is 21.8. The van der Waals surface area contributed by atoms with E-state index in [1.807, 2.05) is 42.5 Å². The van der Waals surface area contributed by atoms with Crippen molar-refractivity contribution < 1.29 is 9.72 Å². The molecule has 5 nitrogen and oxygen atoms in total. The van der Waals surface area contributed by atoms with Gasteiger partial charge in [0.05, 0.1) is 10.4 Å². The highest BCUT2D eigenvalue weighted by atomic mass is 79.9. The van der Waals surface area contributed by atoms with Crippen LogP contribution in [-0.4, -0.2) is 15.7 Å². The van der Waals surface area contributed by atoms with Gasteiger partial charge in [-0.1, -0.05) is 58.4 Å². The first-order chi connectivity index (χ1) is 15.0. The number of nitrogens with zero attached hydrogens (tertiary/aromatic N) is 2. The Kier molecular flexibility index (Phi) is 6.44. The molecule has 0 N–H and O–H groups in total. The number of carbonyl (C=O) groups is 1. The molecule has 0 aliphatic rings. The Hall–Kier alpha value is -3.03. The highest BCUT2D eigenvalue weighted by molar-refractivity contribution is 9.10. The zero-order valence-electron chi connectivity index (χ0n) is 16.3. The number of benzene rings is 3. The number of nitro groups is 1. The van der Waals surface area contributed by atoms with Crippen molar-refractivity contribution in [3.05, 3.63) is 111 Å². The molecule has 1 aromatic heterocycles. The summed E-state index contributed by atoms with van der Waals surface area (Å²) in [6.07, 6.45) is 2.01. The second-order valence-electron chi connectivity index (χ2n) is 6.92. The van der Waals surface area contributed by atoms with Crippen LogP contribution in [0.5, 0.6) is 0 Å². The van der Waals surface area contributed by atoms with Gasteiger partial charge in [-0.25, -0.2) is 0 Å². The molecular formula is C24H17BrN2O3S. The first-order valence-corrected chi connectivity index (χ1v) is 11.2. The van der Waals surface area contributed by atoms with E-state index >= 15 is 0 Å². The van der Waals surface area contributed by atoms with Crippen LogP contribution in [0.15, 0.2) is 94.4 Å². The van der Waals surface area contributed by atoms with Crippen LogP contribution in [0.4, 0.5) is 5.69 Å². The number of ketones is 1. The normalized spacial score (nSPS) is 11.9. The lowest BCUT2D eigenvalue weighted by atomic mass is 10.0. The fraction of sp³-hybridized carbons (Fsp3) is 0.0833. The van der Waals surface area contributed by atoms with Gasteiger partial charge in [0.25, 0.3) is 5.69 Å². The lowest BCUT2D eigenvalue weighted by Gasteiger charge is -2.17. The quantitative estimate of drug-likeness (QED) is 0.120. The summed E-state index contributed by atoms with van der Waals surface area (Å²) in [5.41, 5.74) is 2.39. The number of rotatable bonds is 7. The van der Waals surface area contributed by atoms with E-state index < -0.39 is 4.92 Å². The molecule has 0 fully saturated rings. The van der Waals surface area contributed by atoms with Crippen LogP contribution in [-0.2, 0) is 0 Å². The maximum Gasteiger partial charge on any atom is 0.269 e. The molecule has 0 saturated carbocycles. The fourth-order valence-electron chi connectivity index (χ4n) is 3.28. The summed E-state index contributed by atoms with van der Waals surface area (Å²) in [6.45, 7) is 0. The van der Waals surface area contributed by atoms with Gasteiger partial charge >= 0.3 is 0 Å². The summed E-state index contributed by atoms with van der Waals surface area (Å²) >= 11 is 4.94. The van der Waals surface area contributed by atoms with Crippen LogP contribution in [0.25, 0.3) is 10.9 Å². The summed E-state index contributed by atoms with van der Waals surface area (Å²) in [4.78, 5) is 29.1. The third kappa shape index (κ3) is 5.00. The Morgan fingerprint density at radius 3 is 2.42 bits per heavy atom. The molecule has 1 heterocycles. The Labute approximate surface area is 191 Å². The van der Waals surface area contributed by atoms with E-state index in [1.54, 1.807) is 42.2 Å². The molecule has 154 valence electrons. The number of halogens is 1. The fourth-order valence-corrected chi connectivity index (χ4v) is 4.82. The Morgan fingerprint density at radius 2 is 1.71 bits per heavy atom. The second kappa shape index (κ2) is 9.41. The molecule has 3 aromatic carbocycles. The third-order valence-corrected chi connectivity index (χ3v) is 6.71. The predicted molar refractivity (Wildman–Crippen MR) is 127 cm³/mol. The molecule has 0 unspecified atom stereocenters. The molecule has 1 atom stereocenters. The molecular weight excluding hydrogens is 476 g/mol. The van der Waals surface area contributed by atoms with E-state index in [1.165, 1.54) is 12.1 Å². The average molecular weight is 493 g/mol. The minimum atomic E-state index is -0.423. The number of carbonyl (C=O) groups excluding carboxylic acids is 1. The van der Waals surface area contributed by atoms with Crippen LogP contribution in [0, 0.1) is 10.1 Å². The maximum atomic E-state index is 13.0. The molecule has 0 radical (unpaired) electrons. The van der Waals surface area contributed by atoms with Crippen LogP contribution >= 0.6 is 27.7 Å². The summed E-state index contributed by atoms with van der Waals surface area (Å²) in [5.74, 6) is 0.0107. The van der Waals surface area contributed by atoms with Crippen LogP contribution < -0.4 is 0 Å². The molecule has 4 rings (SSSR count). The number of aromatic nitrogens is 1. The molecule has 0 aliphatic carbocycles. The lowest BCUT2D eigenvalue weighted by molar-refractivity contribution is -0.384. The molecule has 0 bridgehead atoms. The number of non-ortho nitro benzene ring substituents is 1. The average Bonchev–Trinajstić information content (AvgIpc) is 2.79. The second-order valence-corrected chi connectivity index (χ2v) is 9.08. The number of thioether (sulfide) groups is 1. The number of hydrogen-bond acceptors (Lipinski definition) is 5.